The standard InChI is InChI=1S/C17H24FN3O2.ClH/c1-10(2)14(19)6-7-21(3)17(23)13-9-16(22)20-15-8-11(18)4-5-12(13)15;/h4-5,8,10,13-14H,6-7,9,19H2,1-3H3,(H,20,22);1H. The molecule has 24 heavy (non-hydrogen) atoms. The number of hydrogen-bond acceptors (Lipinski definition) is 3. The number of fused-ring (bicyclic) bond motifs is 1. The van der Waals surface area contributed by atoms with E-state index in [4.69, 9.17) is 5.73 Å². The Morgan fingerprint density at radius 3 is 2.75 bits per heavy atom. The summed E-state index contributed by atoms with van der Waals surface area (Å²) >= 11 is 0. The molecule has 134 valence electrons. The molecule has 5 nitrogen and oxygen atoms in total. The van der Waals surface area contributed by atoms with Crippen molar-refractivity contribution in [2.24, 2.45) is 11.7 Å². The second-order valence-electron chi connectivity index (χ2n) is 6.49. The Bertz CT molecular complexity index is 609. The van der Waals surface area contributed by atoms with Crippen LogP contribution < -0.4 is 11.1 Å². The number of hydrogen-bond donors (Lipinski definition) is 2. The Morgan fingerprint density at radius 2 is 2.12 bits per heavy atom. The number of amides is 2. The third-order valence-corrected chi connectivity index (χ3v) is 4.38. The molecule has 0 spiro atoms. The monoisotopic (exact) mass is 357 g/mol. The zero-order chi connectivity index (χ0) is 17.1. The van der Waals surface area contributed by atoms with Crippen LogP contribution >= 0.6 is 12.4 Å². The molecule has 0 saturated carbocycles. The maximum atomic E-state index is 13.3. The molecular formula is C17H25ClFN3O2. The van der Waals surface area contributed by atoms with Crippen molar-refractivity contribution in [2.75, 3.05) is 18.9 Å². The molecule has 0 aliphatic carbocycles. The summed E-state index contributed by atoms with van der Waals surface area (Å²) in [6, 6.07) is 4.16. The van der Waals surface area contributed by atoms with Crippen LogP contribution in [-0.4, -0.2) is 36.3 Å². The summed E-state index contributed by atoms with van der Waals surface area (Å²) in [7, 11) is 1.71. The molecule has 7 heteroatoms. The van der Waals surface area contributed by atoms with Gasteiger partial charge in [-0.3, -0.25) is 9.59 Å². The van der Waals surface area contributed by atoms with Crippen LogP contribution in [0.1, 0.15) is 38.2 Å². The van der Waals surface area contributed by atoms with Gasteiger partial charge in [-0.1, -0.05) is 19.9 Å². The van der Waals surface area contributed by atoms with Crippen molar-refractivity contribution < 1.29 is 14.0 Å². The topological polar surface area (TPSA) is 75.4 Å². The lowest BCUT2D eigenvalue weighted by Gasteiger charge is -2.29. The third-order valence-electron chi connectivity index (χ3n) is 4.38. The molecule has 3 N–H and O–H groups in total. The van der Waals surface area contributed by atoms with Crippen LogP contribution in [0.25, 0.3) is 0 Å². The van der Waals surface area contributed by atoms with Gasteiger partial charge in [-0.15, -0.1) is 12.4 Å². The molecule has 1 aromatic rings. The number of likely N-dealkylation sites (N-methyl/N-ethyl adjacent to an activating group) is 1. The second-order valence-corrected chi connectivity index (χ2v) is 6.49. The maximum Gasteiger partial charge on any atom is 0.230 e. The highest BCUT2D eigenvalue weighted by Crippen LogP contribution is 2.33. The predicted molar refractivity (Wildman–Crippen MR) is 94.7 cm³/mol. The minimum absolute atomic E-state index is 0. The molecule has 0 saturated heterocycles. The number of carbonyl (C=O) groups excluding carboxylic acids is 2. The normalized spacial score (nSPS) is 17.6. The summed E-state index contributed by atoms with van der Waals surface area (Å²) in [4.78, 5) is 26.1. The van der Waals surface area contributed by atoms with Gasteiger partial charge in [-0.2, -0.15) is 0 Å². The minimum atomic E-state index is -0.570. The molecule has 2 atom stereocenters. The van der Waals surface area contributed by atoms with E-state index in [0.29, 0.717) is 30.1 Å². The summed E-state index contributed by atoms with van der Waals surface area (Å²) in [6.07, 6.45) is 0.785. The van der Waals surface area contributed by atoms with Gasteiger partial charge in [0.25, 0.3) is 0 Å². The average Bonchev–Trinajstić information content (AvgIpc) is 2.49. The fourth-order valence-corrected chi connectivity index (χ4v) is 2.71. The highest BCUT2D eigenvalue weighted by molar-refractivity contribution is 6.01. The fraction of sp³-hybridized carbons (Fsp3) is 0.529. The molecule has 2 unspecified atom stereocenters. The average molecular weight is 358 g/mol. The van der Waals surface area contributed by atoms with E-state index in [1.54, 1.807) is 18.0 Å². The van der Waals surface area contributed by atoms with Crippen LogP contribution in [0.3, 0.4) is 0 Å². The van der Waals surface area contributed by atoms with Crippen LogP contribution in [0.15, 0.2) is 18.2 Å². The van der Waals surface area contributed by atoms with Crippen LogP contribution in [0, 0.1) is 11.7 Å². The van der Waals surface area contributed by atoms with Crippen LogP contribution in [0.5, 0.6) is 0 Å². The zero-order valence-electron chi connectivity index (χ0n) is 14.2. The summed E-state index contributed by atoms with van der Waals surface area (Å²) < 4.78 is 13.3. The lowest BCUT2D eigenvalue weighted by Crippen LogP contribution is -2.39. The van der Waals surface area contributed by atoms with Gasteiger partial charge in [0.2, 0.25) is 11.8 Å². The molecule has 0 bridgehead atoms. The van der Waals surface area contributed by atoms with Crippen molar-refractivity contribution >= 4 is 29.9 Å². The number of nitrogens with one attached hydrogen (secondary N) is 1. The van der Waals surface area contributed by atoms with Crippen molar-refractivity contribution in [3.63, 3.8) is 0 Å². The Morgan fingerprint density at radius 1 is 1.46 bits per heavy atom. The quantitative estimate of drug-likeness (QED) is 0.850. The molecule has 1 aromatic carbocycles. The van der Waals surface area contributed by atoms with E-state index in [9.17, 15) is 14.0 Å². The van der Waals surface area contributed by atoms with Gasteiger partial charge in [0.05, 0.1) is 5.92 Å². The van der Waals surface area contributed by atoms with Crippen molar-refractivity contribution in [2.45, 2.75) is 38.6 Å². The summed E-state index contributed by atoms with van der Waals surface area (Å²) in [5, 5.41) is 2.62. The van der Waals surface area contributed by atoms with Gasteiger partial charge in [0, 0.05) is 31.7 Å². The van der Waals surface area contributed by atoms with E-state index in [1.165, 1.54) is 12.1 Å². The molecule has 1 aliphatic rings. The molecule has 2 rings (SSSR count). The first-order valence-corrected chi connectivity index (χ1v) is 7.89. The predicted octanol–water partition coefficient (Wildman–Crippen LogP) is 2.51. The molecule has 0 aromatic heterocycles. The van der Waals surface area contributed by atoms with E-state index < -0.39 is 11.7 Å². The van der Waals surface area contributed by atoms with Gasteiger partial charge in [0.15, 0.2) is 0 Å². The number of benzene rings is 1. The summed E-state index contributed by atoms with van der Waals surface area (Å²) in [5.41, 5.74) is 7.06. The third kappa shape index (κ3) is 4.68. The fourth-order valence-electron chi connectivity index (χ4n) is 2.71. The summed E-state index contributed by atoms with van der Waals surface area (Å²) in [5.74, 6) is -1.06. The second kappa shape index (κ2) is 8.44. The first-order chi connectivity index (χ1) is 10.8. The Hall–Kier alpha value is -1.66. The molecule has 1 heterocycles. The zero-order valence-corrected chi connectivity index (χ0v) is 15.0. The van der Waals surface area contributed by atoms with Gasteiger partial charge < -0.3 is 16.0 Å². The van der Waals surface area contributed by atoms with Gasteiger partial charge >= 0.3 is 0 Å². The number of halogens is 2. The first kappa shape index (κ1) is 20.4. The lowest BCUT2D eigenvalue weighted by atomic mass is 9.89. The van der Waals surface area contributed by atoms with Gasteiger partial charge in [0.1, 0.15) is 5.82 Å². The van der Waals surface area contributed by atoms with E-state index in [0.717, 1.165) is 0 Å². The highest BCUT2D eigenvalue weighted by atomic mass is 35.5. The lowest BCUT2D eigenvalue weighted by molar-refractivity contribution is -0.133. The van der Waals surface area contributed by atoms with Gasteiger partial charge in [-0.25, -0.2) is 4.39 Å². The first-order valence-electron chi connectivity index (χ1n) is 7.89. The van der Waals surface area contributed by atoms with Crippen LogP contribution in [0.4, 0.5) is 10.1 Å². The molecule has 2 amide bonds. The molecule has 0 fully saturated rings. The number of nitrogens with two attached hydrogens (primary N) is 1. The number of anilines is 1. The molecule has 1 aliphatic heterocycles. The summed E-state index contributed by atoms with van der Waals surface area (Å²) in [6.45, 7) is 4.62. The van der Waals surface area contributed by atoms with Crippen LogP contribution in [-0.2, 0) is 9.59 Å². The minimum Gasteiger partial charge on any atom is -0.345 e. The number of carbonyl (C=O) groups is 2. The van der Waals surface area contributed by atoms with Crippen molar-refractivity contribution in [3.8, 4) is 0 Å². The number of rotatable bonds is 5. The van der Waals surface area contributed by atoms with E-state index in [-0.39, 0.29) is 36.7 Å². The van der Waals surface area contributed by atoms with Crippen molar-refractivity contribution in [1.82, 2.24) is 4.90 Å². The Balaban J connectivity index is 0.00000288. The smallest absolute Gasteiger partial charge is 0.230 e. The van der Waals surface area contributed by atoms with Crippen molar-refractivity contribution in [1.29, 1.82) is 0 Å². The van der Waals surface area contributed by atoms with Crippen LogP contribution in [0.2, 0.25) is 0 Å². The van der Waals surface area contributed by atoms with E-state index in [2.05, 4.69) is 5.32 Å². The van der Waals surface area contributed by atoms with E-state index in [1.807, 2.05) is 13.8 Å². The Labute approximate surface area is 148 Å². The van der Waals surface area contributed by atoms with Crippen molar-refractivity contribution in [3.05, 3.63) is 29.6 Å². The largest absolute Gasteiger partial charge is 0.345 e. The molecule has 0 radical (unpaired) electrons. The van der Waals surface area contributed by atoms with E-state index >= 15 is 0 Å². The molecular weight excluding hydrogens is 333 g/mol. The van der Waals surface area contributed by atoms with Gasteiger partial charge in [-0.05, 0) is 30.0 Å². The Kier molecular flexibility index (Phi) is 7.17. The highest BCUT2D eigenvalue weighted by Gasteiger charge is 2.32. The SMILES string of the molecule is CC(C)C(N)CCN(C)C(=O)C1CC(=O)Nc2cc(F)ccc21.Cl. The maximum absolute atomic E-state index is 13.3. The number of nitrogens with zero attached hydrogens (tertiary/aromatic N) is 1.